The molecule has 5 nitrogen and oxygen atoms in total. The standard InChI is InChI=1S/C17H20N2O3S2/c1-3-22-16(21)8-14-10-24-17(18-14)19-15(20)11-23-9-13-7-5-4-6-12(13)2/h4-7,10H,3,8-9,11H2,1-2H3,(H,18,19,20). The molecule has 0 saturated carbocycles. The van der Waals surface area contributed by atoms with Crippen LogP contribution in [0.4, 0.5) is 5.13 Å². The van der Waals surface area contributed by atoms with E-state index < -0.39 is 0 Å². The number of nitrogens with one attached hydrogen (secondary N) is 1. The van der Waals surface area contributed by atoms with Crippen LogP contribution < -0.4 is 5.32 Å². The molecule has 0 aliphatic heterocycles. The zero-order valence-electron chi connectivity index (χ0n) is 13.7. The predicted molar refractivity (Wildman–Crippen MR) is 98.4 cm³/mol. The number of thioether (sulfide) groups is 1. The van der Waals surface area contributed by atoms with Gasteiger partial charge < -0.3 is 10.1 Å². The van der Waals surface area contributed by atoms with Gasteiger partial charge in [-0.15, -0.1) is 23.1 Å². The smallest absolute Gasteiger partial charge is 0.311 e. The lowest BCUT2D eigenvalue weighted by molar-refractivity contribution is -0.142. The first kappa shape index (κ1) is 18.5. The van der Waals surface area contributed by atoms with E-state index in [1.165, 1.54) is 22.5 Å². The number of ether oxygens (including phenoxy) is 1. The number of amides is 1. The molecular formula is C17H20N2O3S2. The first-order chi connectivity index (χ1) is 11.6. The summed E-state index contributed by atoms with van der Waals surface area (Å²) in [6.45, 7) is 4.18. The molecule has 0 saturated heterocycles. The van der Waals surface area contributed by atoms with Gasteiger partial charge in [-0.05, 0) is 25.0 Å². The maximum Gasteiger partial charge on any atom is 0.311 e. The number of aromatic nitrogens is 1. The Morgan fingerprint density at radius 2 is 2.12 bits per heavy atom. The number of carbonyl (C=O) groups excluding carboxylic acids is 2. The van der Waals surface area contributed by atoms with Crippen molar-refractivity contribution in [3.8, 4) is 0 Å². The number of anilines is 1. The first-order valence-corrected chi connectivity index (χ1v) is 9.64. The molecule has 7 heteroatoms. The third kappa shape index (κ3) is 5.98. The van der Waals surface area contributed by atoms with Crippen LogP contribution in [-0.2, 0) is 26.5 Å². The van der Waals surface area contributed by atoms with Gasteiger partial charge in [0.1, 0.15) is 0 Å². The summed E-state index contributed by atoms with van der Waals surface area (Å²) in [7, 11) is 0. The molecule has 1 amide bonds. The van der Waals surface area contributed by atoms with Crippen molar-refractivity contribution in [2.75, 3.05) is 17.7 Å². The normalized spacial score (nSPS) is 10.4. The molecule has 0 fully saturated rings. The summed E-state index contributed by atoms with van der Waals surface area (Å²) in [5.74, 6) is 0.757. The molecular weight excluding hydrogens is 344 g/mol. The van der Waals surface area contributed by atoms with Crippen molar-refractivity contribution >= 4 is 40.1 Å². The molecule has 0 spiro atoms. The molecule has 1 heterocycles. The van der Waals surface area contributed by atoms with Gasteiger partial charge in [0.25, 0.3) is 0 Å². The molecule has 0 aliphatic carbocycles. The van der Waals surface area contributed by atoms with Crippen LogP contribution in [0, 0.1) is 6.92 Å². The highest BCUT2D eigenvalue weighted by Crippen LogP contribution is 2.18. The van der Waals surface area contributed by atoms with Crippen LogP contribution in [0.3, 0.4) is 0 Å². The second-order valence-electron chi connectivity index (χ2n) is 5.09. The number of esters is 1. The molecule has 128 valence electrons. The van der Waals surface area contributed by atoms with Gasteiger partial charge in [0, 0.05) is 11.1 Å². The molecule has 0 unspecified atom stereocenters. The van der Waals surface area contributed by atoms with Crippen molar-refractivity contribution in [3.05, 3.63) is 46.5 Å². The highest BCUT2D eigenvalue weighted by molar-refractivity contribution is 7.99. The summed E-state index contributed by atoms with van der Waals surface area (Å²) in [4.78, 5) is 27.6. The molecule has 0 bridgehead atoms. The summed E-state index contributed by atoms with van der Waals surface area (Å²) >= 11 is 2.87. The van der Waals surface area contributed by atoms with Crippen LogP contribution in [0.2, 0.25) is 0 Å². The van der Waals surface area contributed by atoms with Crippen LogP contribution in [0.15, 0.2) is 29.6 Å². The number of hydrogen-bond acceptors (Lipinski definition) is 6. The van der Waals surface area contributed by atoms with Gasteiger partial charge in [-0.2, -0.15) is 0 Å². The summed E-state index contributed by atoms with van der Waals surface area (Å²) in [5.41, 5.74) is 3.08. The van der Waals surface area contributed by atoms with Crippen LogP contribution in [0.1, 0.15) is 23.7 Å². The SMILES string of the molecule is CCOC(=O)Cc1csc(NC(=O)CSCc2ccccc2C)n1. The lowest BCUT2D eigenvalue weighted by Crippen LogP contribution is -2.14. The second-order valence-corrected chi connectivity index (χ2v) is 6.94. The van der Waals surface area contributed by atoms with Crippen molar-refractivity contribution in [1.82, 2.24) is 4.98 Å². The fourth-order valence-electron chi connectivity index (χ4n) is 1.99. The molecule has 1 aromatic carbocycles. The average molecular weight is 364 g/mol. The Morgan fingerprint density at radius 1 is 1.33 bits per heavy atom. The monoisotopic (exact) mass is 364 g/mol. The third-order valence-electron chi connectivity index (χ3n) is 3.18. The first-order valence-electron chi connectivity index (χ1n) is 7.60. The highest BCUT2D eigenvalue weighted by Gasteiger charge is 2.10. The maximum absolute atomic E-state index is 12.0. The van der Waals surface area contributed by atoms with Crippen LogP contribution in [0.25, 0.3) is 0 Å². The Hall–Kier alpha value is -1.86. The summed E-state index contributed by atoms with van der Waals surface area (Å²) in [5, 5.41) is 5.03. The Labute approximate surface area is 149 Å². The zero-order valence-corrected chi connectivity index (χ0v) is 15.3. The van der Waals surface area contributed by atoms with E-state index in [0.717, 1.165) is 5.75 Å². The fourth-order valence-corrected chi connectivity index (χ4v) is 3.62. The lowest BCUT2D eigenvalue weighted by Gasteiger charge is -2.05. The predicted octanol–water partition coefficient (Wildman–Crippen LogP) is 3.43. The average Bonchev–Trinajstić information content (AvgIpc) is 2.96. The topological polar surface area (TPSA) is 68.3 Å². The van der Waals surface area contributed by atoms with E-state index in [2.05, 4.69) is 29.4 Å². The van der Waals surface area contributed by atoms with E-state index >= 15 is 0 Å². The second kappa shape index (κ2) is 9.44. The van der Waals surface area contributed by atoms with Gasteiger partial charge in [0.2, 0.25) is 5.91 Å². The van der Waals surface area contributed by atoms with E-state index in [-0.39, 0.29) is 18.3 Å². The van der Waals surface area contributed by atoms with Gasteiger partial charge in [-0.1, -0.05) is 24.3 Å². The number of aryl methyl sites for hydroxylation is 1. The summed E-state index contributed by atoms with van der Waals surface area (Å²) in [6, 6.07) is 8.15. The van der Waals surface area contributed by atoms with Crippen LogP contribution >= 0.6 is 23.1 Å². The van der Waals surface area contributed by atoms with Crippen molar-refractivity contribution < 1.29 is 14.3 Å². The molecule has 0 aliphatic rings. The van der Waals surface area contributed by atoms with Gasteiger partial charge >= 0.3 is 5.97 Å². The van der Waals surface area contributed by atoms with Gasteiger partial charge in [0.15, 0.2) is 5.13 Å². The molecule has 0 atom stereocenters. The van der Waals surface area contributed by atoms with Crippen LogP contribution in [0.5, 0.6) is 0 Å². The number of rotatable bonds is 8. The largest absolute Gasteiger partial charge is 0.466 e. The van der Waals surface area contributed by atoms with Crippen molar-refractivity contribution in [1.29, 1.82) is 0 Å². The zero-order chi connectivity index (χ0) is 17.4. The van der Waals surface area contributed by atoms with E-state index in [0.29, 0.717) is 23.2 Å². The van der Waals surface area contributed by atoms with E-state index in [9.17, 15) is 9.59 Å². The minimum atomic E-state index is -0.311. The number of thiazole rings is 1. The summed E-state index contributed by atoms with van der Waals surface area (Å²) < 4.78 is 4.88. The minimum absolute atomic E-state index is 0.0920. The van der Waals surface area contributed by atoms with Crippen molar-refractivity contribution in [3.63, 3.8) is 0 Å². The highest BCUT2D eigenvalue weighted by atomic mass is 32.2. The molecule has 0 radical (unpaired) electrons. The molecule has 2 aromatic rings. The molecule has 24 heavy (non-hydrogen) atoms. The lowest BCUT2D eigenvalue weighted by atomic mass is 10.1. The Kier molecular flexibility index (Phi) is 7.27. The fraction of sp³-hybridized carbons (Fsp3) is 0.353. The number of hydrogen-bond donors (Lipinski definition) is 1. The van der Waals surface area contributed by atoms with Gasteiger partial charge in [0.05, 0.1) is 24.5 Å². The summed E-state index contributed by atoms with van der Waals surface area (Å²) in [6.07, 6.45) is 0.127. The van der Waals surface area contributed by atoms with E-state index in [4.69, 9.17) is 4.74 Å². The Morgan fingerprint density at radius 3 is 2.88 bits per heavy atom. The number of nitrogens with zero attached hydrogens (tertiary/aromatic N) is 1. The molecule has 1 N–H and O–H groups in total. The Balaban J connectivity index is 1.75. The quantitative estimate of drug-likeness (QED) is 0.727. The number of carbonyl (C=O) groups is 2. The third-order valence-corrected chi connectivity index (χ3v) is 4.97. The van der Waals surface area contributed by atoms with Crippen molar-refractivity contribution in [2.45, 2.75) is 26.0 Å². The van der Waals surface area contributed by atoms with Gasteiger partial charge in [-0.3, -0.25) is 9.59 Å². The van der Waals surface area contributed by atoms with E-state index in [1.807, 2.05) is 12.1 Å². The van der Waals surface area contributed by atoms with Crippen molar-refractivity contribution in [2.24, 2.45) is 0 Å². The Bertz CT molecular complexity index is 701. The van der Waals surface area contributed by atoms with Gasteiger partial charge in [-0.25, -0.2) is 4.98 Å². The number of benzene rings is 1. The van der Waals surface area contributed by atoms with E-state index in [1.54, 1.807) is 24.1 Å². The maximum atomic E-state index is 12.0. The molecule has 1 aromatic heterocycles. The van der Waals surface area contributed by atoms with Crippen LogP contribution in [-0.4, -0.2) is 29.2 Å². The molecule has 2 rings (SSSR count). The minimum Gasteiger partial charge on any atom is -0.466 e.